The van der Waals surface area contributed by atoms with Crippen molar-refractivity contribution in [1.29, 1.82) is 0 Å². The predicted octanol–water partition coefficient (Wildman–Crippen LogP) is 3.53. The zero-order valence-corrected chi connectivity index (χ0v) is 19.6. The zero-order chi connectivity index (χ0) is 22.4. The number of benzene rings is 1. The van der Waals surface area contributed by atoms with Crippen LogP contribution in [0.25, 0.3) is 0 Å². The molecular weight excluding hydrogens is 486 g/mol. The normalized spacial score (nSPS) is 11.5. The number of aliphatic hydroxyl groups is 1. The maximum absolute atomic E-state index is 12.5. The molecular formula is C20H24BrN5O4S. The number of aliphatic hydroxyl groups excluding tert-OH is 1. The number of nitrogens with zero attached hydrogens (tertiary/aromatic N) is 3. The van der Waals surface area contributed by atoms with Crippen LogP contribution in [0.1, 0.15) is 24.7 Å². The predicted molar refractivity (Wildman–Crippen MR) is 122 cm³/mol. The lowest BCUT2D eigenvalue weighted by molar-refractivity contribution is 0.289. The van der Waals surface area contributed by atoms with Crippen molar-refractivity contribution in [2.24, 2.45) is 0 Å². The Morgan fingerprint density at radius 1 is 1.29 bits per heavy atom. The second-order valence-corrected chi connectivity index (χ2v) is 9.38. The zero-order valence-electron chi connectivity index (χ0n) is 17.2. The van der Waals surface area contributed by atoms with Crippen LogP contribution in [0.3, 0.4) is 0 Å². The smallest absolute Gasteiger partial charge is 0.241 e. The van der Waals surface area contributed by atoms with E-state index >= 15 is 0 Å². The number of furan rings is 1. The molecule has 0 saturated heterocycles. The topological polar surface area (TPSA) is 121 Å². The van der Waals surface area contributed by atoms with E-state index in [1.807, 2.05) is 6.92 Å². The molecule has 0 bridgehead atoms. The SMILES string of the molecule is CCCN(CO)c1nc(Nc2coc(CNS(=O)(=O)c3ccccc3C)c2)ncc1Br. The largest absolute Gasteiger partial charge is 0.466 e. The number of halogens is 1. The van der Waals surface area contributed by atoms with Crippen LogP contribution in [0.4, 0.5) is 17.5 Å². The number of aromatic nitrogens is 2. The molecule has 0 aliphatic carbocycles. The molecule has 0 saturated carbocycles. The molecule has 11 heteroatoms. The van der Waals surface area contributed by atoms with Crippen molar-refractivity contribution in [3.05, 3.63) is 58.6 Å². The van der Waals surface area contributed by atoms with Gasteiger partial charge in [-0.25, -0.2) is 18.1 Å². The number of hydrogen-bond acceptors (Lipinski definition) is 8. The van der Waals surface area contributed by atoms with Crippen molar-refractivity contribution in [1.82, 2.24) is 14.7 Å². The van der Waals surface area contributed by atoms with Gasteiger partial charge < -0.3 is 19.7 Å². The van der Waals surface area contributed by atoms with Gasteiger partial charge in [0.15, 0.2) is 0 Å². The Balaban J connectivity index is 1.69. The lowest BCUT2D eigenvalue weighted by Gasteiger charge is -2.21. The molecule has 1 aromatic carbocycles. The number of anilines is 3. The minimum Gasteiger partial charge on any atom is -0.466 e. The van der Waals surface area contributed by atoms with E-state index in [9.17, 15) is 13.5 Å². The maximum atomic E-state index is 12.5. The van der Waals surface area contributed by atoms with Crippen LogP contribution in [-0.4, -0.2) is 36.8 Å². The van der Waals surface area contributed by atoms with E-state index in [1.54, 1.807) is 48.4 Å². The van der Waals surface area contributed by atoms with E-state index in [1.165, 1.54) is 6.26 Å². The first-order chi connectivity index (χ1) is 14.8. The molecule has 3 rings (SSSR count). The Bertz CT molecular complexity index is 1140. The summed E-state index contributed by atoms with van der Waals surface area (Å²) >= 11 is 3.41. The average molecular weight is 510 g/mol. The molecule has 0 atom stereocenters. The van der Waals surface area contributed by atoms with Crippen LogP contribution in [0, 0.1) is 6.92 Å². The molecule has 31 heavy (non-hydrogen) atoms. The molecule has 9 nitrogen and oxygen atoms in total. The highest BCUT2D eigenvalue weighted by molar-refractivity contribution is 9.10. The van der Waals surface area contributed by atoms with Gasteiger partial charge in [-0.3, -0.25) is 0 Å². The fourth-order valence-corrected chi connectivity index (χ4v) is 4.60. The minimum absolute atomic E-state index is 0.000414. The van der Waals surface area contributed by atoms with Gasteiger partial charge in [-0.2, -0.15) is 4.98 Å². The van der Waals surface area contributed by atoms with E-state index in [4.69, 9.17) is 4.42 Å². The minimum atomic E-state index is -3.66. The molecule has 0 radical (unpaired) electrons. The van der Waals surface area contributed by atoms with Crippen molar-refractivity contribution in [2.75, 3.05) is 23.5 Å². The molecule has 0 aliphatic rings. The first-order valence-electron chi connectivity index (χ1n) is 9.62. The van der Waals surface area contributed by atoms with Gasteiger partial charge in [-0.15, -0.1) is 0 Å². The summed E-state index contributed by atoms with van der Waals surface area (Å²) in [6, 6.07) is 8.44. The molecule has 0 aliphatic heterocycles. The lowest BCUT2D eigenvalue weighted by atomic mass is 10.2. The monoisotopic (exact) mass is 509 g/mol. The number of aryl methyl sites for hydroxylation is 1. The molecule has 3 aromatic rings. The number of nitrogens with one attached hydrogen (secondary N) is 2. The molecule has 166 valence electrons. The van der Waals surface area contributed by atoms with Crippen molar-refractivity contribution >= 4 is 43.4 Å². The van der Waals surface area contributed by atoms with Crippen LogP contribution >= 0.6 is 15.9 Å². The molecule has 0 fully saturated rings. The summed E-state index contributed by atoms with van der Waals surface area (Å²) in [5, 5.41) is 12.6. The summed E-state index contributed by atoms with van der Waals surface area (Å²) in [4.78, 5) is 10.6. The molecule has 2 heterocycles. The number of sulfonamides is 1. The molecule has 0 amide bonds. The molecule has 3 N–H and O–H groups in total. The second-order valence-electron chi connectivity index (χ2n) is 6.79. The van der Waals surface area contributed by atoms with Crippen LogP contribution in [0.5, 0.6) is 0 Å². The summed E-state index contributed by atoms with van der Waals surface area (Å²) in [6.45, 7) is 4.23. The average Bonchev–Trinajstić information content (AvgIpc) is 3.20. The maximum Gasteiger partial charge on any atom is 0.241 e. The summed E-state index contributed by atoms with van der Waals surface area (Å²) in [5.41, 5.74) is 1.24. The number of hydrogen-bond donors (Lipinski definition) is 3. The van der Waals surface area contributed by atoms with E-state index in [0.29, 0.717) is 39.8 Å². The van der Waals surface area contributed by atoms with Gasteiger partial charge in [0.2, 0.25) is 16.0 Å². The quantitative estimate of drug-likeness (QED) is 0.355. The fourth-order valence-electron chi connectivity index (χ4n) is 2.92. The van der Waals surface area contributed by atoms with Gasteiger partial charge in [0, 0.05) is 18.8 Å². The second kappa shape index (κ2) is 10.2. The highest BCUT2D eigenvalue weighted by Crippen LogP contribution is 2.26. The third kappa shape index (κ3) is 5.82. The first-order valence-corrected chi connectivity index (χ1v) is 11.9. The van der Waals surface area contributed by atoms with Gasteiger partial charge in [-0.05, 0) is 40.9 Å². The Morgan fingerprint density at radius 2 is 2.06 bits per heavy atom. The first kappa shape index (κ1) is 23.2. The Labute approximate surface area is 189 Å². The number of rotatable bonds is 10. The third-order valence-corrected chi connectivity index (χ3v) is 6.54. The summed E-state index contributed by atoms with van der Waals surface area (Å²) in [7, 11) is -3.66. The fraction of sp³-hybridized carbons (Fsp3) is 0.300. The highest BCUT2D eigenvalue weighted by Gasteiger charge is 2.17. The van der Waals surface area contributed by atoms with Gasteiger partial charge >= 0.3 is 0 Å². The van der Waals surface area contributed by atoms with Crippen molar-refractivity contribution < 1.29 is 17.9 Å². The summed E-state index contributed by atoms with van der Waals surface area (Å²) in [6.07, 6.45) is 3.90. The van der Waals surface area contributed by atoms with Gasteiger partial charge in [0.1, 0.15) is 24.6 Å². The van der Waals surface area contributed by atoms with E-state index in [2.05, 4.69) is 35.9 Å². The van der Waals surface area contributed by atoms with Crippen molar-refractivity contribution in [3.8, 4) is 0 Å². The summed E-state index contributed by atoms with van der Waals surface area (Å²) < 4.78 is 33.7. The Morgan fingerprint density at radius 3 is 2.77 bits per heavy atom. The van der Waals surface area contributed by atoms with Gasteiger partial charge in [0.25, 0.3) is 0 Å². The van der Waals surface area contributed by atoms with E-state index in [0.717, 1.165) is 6.42 Å². The molecule has 0 unspecified atom stereocenters. The van der Waals surface area contributed by atoms with Gasteiger partial charge in [0.05, 0.1) is 21.6 Å². The van der Waals surface area contributed by atoms with Crippen molar-refractivity contribution in [3.63, 3.8) is 0 Å². The highest BCUT2D eigenvalue weighted by atomic mass is 79.9. The lowest BCUT2D eigenvalue weighted by Crippen LogP contribution is -2.26. The van der Waals surface area contributed by atoms with Crippen LogP contribution in [0.2, 0.25) is 0 Å². The molecule has 0 spiro atoms. The summed E-state index contributed by atoms with van der Waals surface area (Å²) in [5.74, 6) is 1.32. The Kier molecular flexibility index (Phi) is 7.65. The van der Waals surface area contributed by atoms with Crippen LogP contribution in [-0.2, 0) is 16.6 Å². The third-order valence-electron chi connectivity index (χ3n) is 4.42. The van der Waals surface area contributed by atoms with Crippen LogP contribution in [0.15, 0.2) is 56.6 Å². The standard InChI is InChI=1S/C20H24BrN5O4S/c1-3-8-26(13-27)19-17(21)11-22-20(25-19)24-15-9-16(30-12-15)10-23-31(28,29)18-7-5-4-6-14(18)2/h4-7,9,11-12,23,27H,3,8,10,13H2,1-2H3,(H,22,24,25). The Hall–Kier alpha value is -2.47. The van der Waals surface area contributed by atoms with Gasteiger partial charge in [-0.1, -0.05) is 25.1 Å². The van der Waals surface area contributed by atoms with Crippen LogP contribution < -0.4 is 14.9 Å². The van der Waals surface area contributed by atoms with Crippen molar-refractivity contribution in [2.45, 2.75) is 31.7 Å². The van der Waals surface area contributed by atoms with E-state index < -0.39 is 10.0 Å². The molecule has 2 aromatic heterocycles. The van der Waals surface area contributed by atoms with E-state index in [-0.39, 0.29) is 18.2 Å².